The van der Waals surface area contributed by atoms with Gasteiger partial charge in [0.05, 0.1) is 0 Å². The summed E-state index contributed by atoms with van der Waals surface area (Å²) in [5.74, 6) is -0.638. The van der Waals surface area contributed by atoms with E-state index in [1.54, 1.807) is 6.92 Å². The Bertz CT molecular complexity index is 369. The summed E-state index contributed by atoms with van der Waals surface area (Å²) in [5.41, 5.74) is 9.20. The van der Waals surface area contributed by atoms with Crippen LogP contribution in [0.1, 0.15) is 12.5 Å². The van der Waals surface area contributed by atoms with Crippen LogP contribution in [0.15, 0.2) is 30.3 Å². The van der Waals surface area contributed by atoms with E-state index in [1.807, 2.05) is 30.3 Å². The van der Waals surface area contributed by atoms with E-state index in [1.165, 1.54) is 0 Å². The average Bonchev–Trinajstić information content (AvgIpc) is 2.19. The molecule has 0 aliphatic heterocycles. The van der Waals surface area contributed by atoms with Crippen molar-refractivity contribution in [2.75, 3.05) is 0 Å². The highest BCUT2D eigenvalue weighted by Crippen LogP contribution is 2.05. The number of benzene rings is 1. The third-order valence-electron chi connectivity index (χ3n) is 1.85. The Morgan fingerprint density at radius 2 is 2.20 bits per heavy atom. The van der Waals surface area contributed by atoms with Gasteiger partial charge in [-0.05, 0) is 12.5 Å². The zero-order valence-corrected chi connectivity index (χ0v) is 8.46. The maximum Gasteiger partial charge on any atom is 0.413 e. The van der Waals surface area contributed by atoms with Crippen molar-refractivity contribution in [1.29, 1.82) is 0 Å². The number of nitrogens with zero attached hydrogens (tertiary/aromatic N) is 2. The Morgan fingerprint density at radius 1 is 1.53 bits per heavy atom. The predicted octanol–water partition coefficient (Wildman–Crippen LogP) is 1.46. The number of hydrogen-bond acceptors (Lipinski definition) is 2. The van der Waals surface area contributed by atoms with Crippen LogP contribution < -0.4 is 0 Å². The molecule has 0 saturated carbocycles. The quantitative estimate of drug-likeness (QED) is 0.322. The lowest BCUT2D eigenvalue weighted by Crippen LogP contribution is -2.18. The topological polar surface area (TPSA) is 62.7 Å². The van der Waals surface area contributed by atoms with Gasteiger partial charge in [0.1, 0.15) is 6.10 Å². The zero-order valence-electron chi connectivity index (χ0n) is 8.46. The van der Waals surface area contributed by atoms with E-state index in [-0.39, 0.29) is 6.10 Å². The van der Waals surface area contributed by atoms with Gasteiger partial charge in [0.2, 0.25) is 0 Å². The van der Waals surface area contributed by atoms with Crippen molar-refractivity contribution in [2.45, 2.75) is 19.4 Å². The third kappa shape index (κ3) is 4.20. The van der Waals surface area contributed by atoms with E-state index in [9.17, 15) is 4.79 Å². The van der Waals surface area contributed by atoms with Gasteiger partial charge < -0.3 is 10.3 Å². The van der Waals surface area contributed by atoms with E-state index in [2.05, 4.69) is 4.79 Å². The van der Waals surface area contributed by atoms with Crippen LogP contribution >= 0.6 is 0 Å². The van der Waals surface area contributed by atoms with Crippen LogP contribution in [-0.2, 0) is 16.0 Å². The van der Waals surface area contributed by atoms with Gasteiger partial charge in [-0.2, -0.15) is 4.79 Å². The second-order valence-corrected chi connectivity index (χ2v) is 3.18. The average molecular weight is 204 g/mol. The number of rotatable bonds is 4. The summed E-state index contributed by atoms with van der Waals surface area (Å²) >= 11 is 0. The van der Waals surface area contributed by atoms with Gasteiger partial charge >= 0.3 is 12.2 Å². The SMILES string of the molecule is CC(Cc1ccccc1)OC(=O)C=[N+]=[N-]. The van der Waals surface area contributed by atoms with Crippen molar-refractivity contribution in [3.05, 3.63) is 41.4 Å². The van der Waals surface area contributed by atoms with Crippen LogP contribution in [0.4, 0.5) is 0 Å². The lowest BCUT2D eigenvalue weighted by molar-refractivity contribution is -0.143. The molecule has 0 N–H and O–H groups in total. The van der Waals surface area contributed by atoms with Crippen LogP contribution in [0.25, 0.3) is 5.53 Å². The number of carbonyl (C=O) groups is 1. The van der Waals surface area contributed by atoms with Crippen molar-refractivity contribution >= 4 is 12.2 Å². The van der Waals surface area contributed by atoms with Crippen molar-refractivity contribution in [2.24, 2.45) is 0 Å². The fourth-order valence-corrected chi connectivity index (χ4v) is 1.26. The van der Waals surface area contributed by atoms with Gasteiger partial charge in [-0.1, -0.05) is 30.3 Å². The van der Waals surface area contributed by atoms with Gasteiger partial charge in [0.15, 0.2) is 0 Å². The Hall–Kier alpha value is -1.93. The molecule has 0 spiro atoms. The first-order valence-corrected chi connectivity index (χ1v) is 4.64. The number of esters is 1. The highest BCUT2D eigenvalue weighted by atomic mass is 16.5. The monoisotopic (exact) mass is 204 g/mol. The minimum absolute atomic E-state index is 0.238. The molecule has 1 aromatic rings. The van der Waals surface area contributed by atoms with Crippen LogP contribution in [0.2, 0.25) is 0 Å². The summed E-state index contributed by atoms with van der Waals surface area (Å²) in [7, 11) is 0. The van der Waals surface area contributed by atoms with Gasteiger partial charge in [-0.25, -0.2) is 4.79 Å². The molecule has 0 fully saturated rings. The number of ether oxygens (including phenoxy) is 1. The third-order valence-corrected chi connectivity index (χ3v) is 1.85. The fraction of sp³-hybridized carbons (Fsp3) is 0.273. The van der Waals surface area contributed by atoms with Gasteiger partial charge in [0, 0.05) is 6.42 Å². The van der Waals surface area contributed by atoms with Crippen molar-refractivity contribution in [3.8, 4) is 0 Å². The lowest BCUT2D eigenvalue weighted by Gasteiger charge is -2.09. The molecule has 0 heterocycles. The van der Waals surface area contributed by atoms with Crippen molar-refractivity contribution in [3.63, 3.8) is 0 Å². The smallest absolute Gasteiger partial charge is 0.413 e. The molecule has 1 rings (SSSR count). The van der Waals surface area contributed by atoms with Crippen LogP contribution in [0, 0.1) is 0 Å². The molecule has 1 aromatic carbocycles. The maximum atomic E-state index is 10.9. The largest absolute Gasteiger partial charge is 0.454 e. The molecule has 0 bridgehead atoms. The van der Waals surface area contributed by atoms with E-state index in [0.717, 1.165) is 11.8 Å². The van der Waals surface area contributed by atoms with Crippen molar-refractivity contribution < 1.29 is 14.3 Å². The fourth-order valence-electron chi connectivity index (χ4n) is 1.26. The molecule has 4 heteroatoms. The first kappa shape index (κ1) is 11.1. The van der Waals surface area contributed by atoms with E-state index in [0.29, 0.717) is 6.42 Å². The zero-order chi connectivity index (χ0) is 11.1. The standard InChI is InChI=1S/C11H12N2O2/c1-9(15-11(14)8-13-12)7-10-5-3-2-4-6-10/h2-6,8-9H,7H2,1H3. The van der Waals surface area contributed by atoms with Gasteiger partial charge in [0.25, 0.3) is 0 Å². The van der Waals surface area contributed by atoms with E-state index < -0.39 is 5.97 Å². The van der Waals surface area contributed by atoms with Crippen LogP contribution in [0.5, 0.6) is 0 Å². The molecule has 0 radical (unpaired) electrons. The van der Waals surface area contributed by atoms with Gasteiger partial charge in [-0.3, -0.25) is 0 Å². The summed E-state index contributed by atoms with van der Waals surface area (Å²) in [6, 6.07) is 9.71. The molecule has 0 aliphatic carbocycles. The molecular weight excluding hydrogens is 192 g/mol. The normalized spacial score (nSPS) is 11.3. The summed E-state index contributed by atoms with van der Waals surface area (Å²) in [6.45, 7) is 1.79. The number of carbonyl (C=O) groups excluding carboxylic acids is 1. The first-order valence-electron chi connectivity index (χ1n) is 4.64. The second kappa shape index (κ2) is 5.73. The highest BCUT2D eigenvalue weighted by Gasteiger charge is 2.10. The van der Waals surface area contributed by atoms with E-state index >= 15 is 0 Å². The Morgan fingerprint density at radius 3 is 2.80 bits per heavy atom. The molecule has 4 nitrogen and oxygen atoms in total. The first-order chi connectivity index (χ1) is 7.22. The minimum Gasteiger partial charge on any atom is -0.454 e. The molecule has 15 heavy (non-hydrogen) atoms. The Balaban J connectivity index is 2.46. The predicted molar refractivity (Wildman–Crippen MR) is 55.4 cm³/mol. The summed E-state index contributed by atoms with van der Waals surface area (Å²) in [4.78, 5) is 13.5. The van der Waals surface area contributed by atoms with Crippen LogP contribution in [-0.4, -0.2) is 23.1 Å². The highest BCUT2D eigenvalue weighted by molar-refractivity contribution is 6.20. The number of hydrogen-bond donors (Lipinski definition) is 0. The molecular formula is C11H12N2O2. The minimum atomic E-state index is -0.638. The van der Waals surface area contributed by atoms with Crippen molar-refractivity contribution in [1.82, 2.24) is 0 Å². The Kier molecular flexibility index (Phi) is 4.26. The summed E-state index contributed by atoms with van der Waals surface area (Å²) < 4.78 is 4.95. The molecule has 1 unspecified atom stereocenters. The van der Waals surface area contributed by atoms with E-state index in [4.69, 9.17) is 10.3 Å². The summed E-state index contributed by atoms with van der Waals surface area (Å²) in [6.07, 6.45) is 1.14. The molecule has 1 atom stereocenters. The maximum absolute atomic E-state index is 10.9. The molecule has 78 valence electrons. The Labute approximate surface area is 88.1 Å². The second-order valence-electron chi connectivity index (χ2n) is 3.18. The molecule has 0 aromatic heterocycles. The van der Waals surface area contributed by atoms with Crippen LogP contribution in [0.3, 0.4) is 0 Å². The molecule has 0 amide bonds. The van der Waals surface area contributed by atoms with Gasteiger partial charge in [-0.15, -0.1) is 0 Å². The summed E-state index contributed by atoms with van der Waals surface area (Å²) in [5, 5.41) is 0. The lowest BCUT2D eigenvalue weighted by atomic mass is 10.1. The molecule has 0 saturated heterocycles. The molecule has 0 aliphatic rings.